The van der Waals surface area contributed by atoms with E-state index in [0.717, 1.165) is 5.56 Å². The summed E-state index contributed by atoms with van der Waals surface area (Å²) in [6, 6.07) is 6.72. The number of fused-ring (bicyclic) bond motifs is 2. The van der Waals surface area contributed by atoms with Gasteiger partial charge < -0.3 is 14.2 Å². The third-order valence-electron chi connectivity index (χ3n) is 3.53. The van der Waals surface area contributed by atoms with Gasteiger partial charge in [-0.05, 0) is 23.8 Å². The predicted molar refractivity (Wildman–Crippen MR) is 90.7 cm³/mol. The number of nitrogens with zero attached hydrogens (tertiary/aromatic N) is 2. The Labute approximate surface area is 145 Å². The third-order valence-corrected chi connectivity index (χ3v) is 4.28. The van der Waals surface area contributed by atoms with Crippen molar-refractivity contribution in [2.45, 2.75) is 6.61 Å². The smallest absolute Gasteiger partial charge is 0.331 e. The fourth-order valence-electron chi connectivity index (χ4n) is 2.34. The molecule has 1 aliphatic rings. The Morgan fingerprint density at radius 2 is 2.20 bits per heavy atom. The lowest BCUT2D eigenvalue weighted by Gasteiger charge is -2.02. The van der Waals surface area contributed by atoms with E-state index in [9.17, 15) is 9.59 Å². The van der Waals surface area contributed by atoms with Gasteiger partial charge in [-0.1, -0.05) is 6.07 Å². The second-order valence-corrected chi connectivity index (χ2v) is 6.07. The fraction of sp³-hybridized carbons (Fsp3) is 0.118. The van der Waals surface area contributed by atoms with Crippen LogP contribution in [-0.4, -0.2) is 22.1 Å². The summed E-state index contributed by atoms with van der Waals surface area (Å²) >= 11 is 1.34. The maximum atomic E-state index is 11.9. The molecule has 7 nitrogen and oxygen atoms in total. The first-order chi connectivity index (χ1) is 12.2. The minimum absolute atomic E-state index is 0.0616. The van der Waals surface area contributed by atoms with Crippen LogP contribution in [0.1, 0.15) is 11.3 Å². The number of ether oxygens (including phenoxy) is 3. The van der Waals surface area contributed by atoms with Gasteiger partial charge in [0.15, 0.2) is 16.5 Å². The molecule has 0 N–H and O–H groups in total. The summed E-state index contributed by atoms with van der Waals surface area (Å²) in [6.45, 7) is 0.139. The maximum absolute atomic E-state index is 11.9. The predicted octanol–water partition coefficient (Wildman–Crippen LogP) is 2.24. The molecule has 0 radical (unpaired) electrons. The molecule has 3 heterocycles. The molecule has 0 bridgehead atoms. The molecule has 4 rings (SSSR count). The Hall–Kier alpha value is -3.13. The zero-order valence-corrected chi connectivity index (χ0v) is 13.7. The fourth-order valence-corrected chi connectivity index (χ4v) is 3.07. The molecule has 0 unspecified atom stereocenters. The molecule has 0 spiro atoms. The average Bonchev–Trinajstić information content (AvgIpc) is 3.26. The molecule has 3 aromatic rings. The number of hydrogen-bond donors (Lipinski definition) is 0. The van der Waals surface area contributed by atoms with E-state index in [1.54, 1.807) is 29.8 Å². The normalized spacial score (nSPS) is 12.8. The van der Waals surface area contributed by atoms with Crippen LogP contribution in [0.2, 0.25) is 0 Å². The van der Waals surface area contributed by atoms with Crippen molar-refractivity contribution in [3.8, 4) is 11.5 Å². The van der Waals surface area contributed by atoms with Crippen molar-refractivity contribution in [1.29, 1.82) is 0 Å². The van der Waals surface area contributed by atoms with Crippen LogP contribution in [0.25, 0.3) is 11.0 Å². The summed E-state index contributed by atoms with van der Waals surface area (Å²) in [5, 5.41) is 1.77. The van der Waals surface area contributed by atoms with Crippen LogP contribution in [0.4, 0.5) is 0 Å². The van der Waals surface area contributed by atoms with Crippen molar-refractivity contribution < 1.29 is 19.0 Å². The highest BCUT2D eigenvalue weighted by molar-refractivity contribution is 7.15. The van der Waals surface area contributed by atoms with Gasteiger partial charge in [-0.25, -0.2) is 9.78 Å². The SMILES string of the molecule is O=C(/C=C/c1ccc2c(c1)OCO2)OCc1cc(=O)n2ccsc2n1. The van der Waals surface area contributed by atoms with E-state index in [1.807, 2.05) is 6.07 Å². The first-order valence-corrected chi connectivity index (χ1v) is 8.27. The number of carbonyl (C=O) groups excluding carboxylic acids is 1. The largest absolute Gasteiger partial charge is 0.456 e. The third kappa shape index (κ3) is 3.24. The van der Waals surface area contributed by atoms with E-state index in [-0.39, 0.29) is 19.0 Å². The van der Waals surface area contributed by atoms with Gasteiger partial charge in [-0.15, -0.1) is 11.3 Å². The minimum Gasteiger partial charge on any atom is -0.456 e. The first kappa shape index (κ1) is 15.4. The second-order valence-electron chi connectivity index (χ2n) is 5.20. The van der Waals surface area contributed by atoms with Gasteiger partial charge in [0.25, 0.3) is 5.56 Å². The van der Waals surface area contributed by atoms with Gasteiger partial charge in [-0.3, -0.25) is 9.20 Å². The molecule has 126 valence electrons. The zero-order valence-electron chi connectivity index (χ0n) is 12.9. The average molecular weight is 356 g/mol. The highest BCUT2D eigenvalue weighted by Crippen LogP contribution is 2.32. The van der Waals surface area contributed by atoms with Crippen LogP contribution < -0.4 is 15.0 Å². The lowest BCUT2D eigenvalue weighted by Crippen LogP contribution is -2.14. The first-order valence-electron chi connectivity index (χ1n) is 7.39. The summed E-state index contributed by atoms with van der Waals surface area (Å²) in [5.41, 5.74) is 1.00. The summed E-state index contributed by atoms with van der Waals surface area (Å²) < 4.78 is 17.1. The van der Waals surface area contributed by atoms with Gasteiger partial charge >= 0.3 is 5.97 Å². The zero-order chi connectivity index (χ0) is 17.2. The van der Waals surface area contributed by atoms with Crippen LogP contribution in [0.15, 0.2) is 46.7 Å². The molecular formula is C17H12N2O5S. The molecule has 0 saturated heterocycles. The van der Waals surface area contributed by atoms with Gasteiger partial charge in [0.2, 0.25) is 6.79 Å². The standard InChI is InChI=1S/C17H12N2O5S/c20-15-8-12(18-17-19(15)5-6-25-17)9-22-16(21)4-2-11-1-3-13-14(7-11)24-10-23-13/h1-8H,9-10H2/b4-2+. The van der Waals surface area contributed by atoms with Crippen molar-refractivity contribution in [2.75, 3.05) is 6.79 Å². The Balaban J connectivity index is 1.40. The van der Waals surface area contributed by atoms with Crippen molar-refractivity contribution >= 4 is 28.3 Å². The number of esters is 1. The number of hydrogen-bond acceptors (Lipinski definition) is 7. The molecule has 0 saturated carbocycles. The maximum Gasteiger partial charge on any atom is 0.331 e. The highest BCUT2D eigenvalue weighted by Gasteiger charge is 2.12. The van der Waals surface area contributed by atoms with Crippen LogP contribution in [0.3, 0.4) is 0 Å². The molecule has 0 fully saturated rings. The molecule has 0 aliphatic carbocycles. The van der Waals surface area contributed by atoms with E-state index in [4.69, 9.17) is 14.2 Å². The van der Waals surface area contributed by atoms with E-state index < -0.39 is 5.97 Å². The summed E-state index contributed by atoms with van der Waals surface area (Å²) in [6.07, 6.45) is 4.59. The van der Waals surface area contributed by atoms with Gasteiger partial charge in [-0.2, -0.15) is 0 Å². The topological polar surface area (TPSA) is 79.1 Å². The quantitative estimate of drug-likeness (QED) is 0.527. The molecule has 1 aliphatic heterocycles. The molecule has 2 aromatic heterocycles. The Morgan fingerprint density at radius 3 is 3.12 bits per heavy atom. The molecular weight excluding hydrogens is 344 g/mol. The Bertz CT molecular complexity index is 1040. The molecule has 0 amide bonds. The van der Waals surface area contributed by atoms with Gasteiger partial charge in [0, 0.05) is 23.7 Å². The van der Waals surface area contributed by atoms with Crippen LogP contribution >= 0.6 is 11.3 Å². The van der Waals surface area contributed by atoms with Crippen molar-refractivity contribution in [1.82, 2.24) is 9.38 Å². The minimum atomic E-state index is -0.522. The van der Waals surface area contributed by atoms with E-state index in [2.05, 4.69) is 4.98 Å². The second kappa shape index (κ2) is 6.40. The molecule has 0 atom stereocenters. The van der Waals surface area contributed by atoms with Crippen LogP contribution in [-0.2, 0) is 16.1 Å². The highest BCUT2D eigenvalue weighted by atomic mass is 32.1. The monoisotopic (exact) mass is 356 g/mol. The molecule has 1 aromatic carbocycles. The number of benzene rings is 1. The molecule has 25 heavy (non-hydrogen) atoms. The summed E-state index contributed by atoms with van der Waals surface area (Å²) in [7, 11) is 0. The van der Waals surface area contributed by atoms with Crippen molar-refractivity contribution in [3.63, 3.8) is 0 Å². The van der Waals surface area contributed by atoms with Crippen molar-refractivity contribution in [2.24, 2.45) is 0 Å². The van der Waals surface area contributed by atoms with Crippen molar-refractivity contribution in [3.05, 3.63) is 63.5 Å². The number of thiazole rings is 1. The Morgan fingerprint density at radius 1 is 1.32 bits per heavy atom. The summed E-state index contributed by atoms with van der Waals surface area (Å²) in [5.74, 6) is 0.802. The number of carbonyl (C=O) groups is 1. The van der Waals surface area contributed by atoms with E-state index in [1.165, 1.54) is 27.9 Å². The number of rotatable bonds is 4. The lowest BCUT2D eigenvalue weighted by atomic mass is 10.2. The van der Waals surface area contributed by atoms with E-state index in [0.29, 0.717) is 22.2 Å². The van der Waals surface area contributed by atoms with Gasteiger partial charge in [0.05, 0.1) is 5.69 Å². The van der Waals surface area contributed by atoms with Gasteiger partial charge in [0.1, 0.15) is 6.61 Å². The van der Waals surface area contributed by atoms with Crippen LogP contribution in [0, 0.1) is 0 Å². The van der Waals surface area contributed by atoms with Crippen LogP contribution in [0.5, 0.6) is 11.5 Å². The molecule has 8 heteroatoms. The lowest BCUT2D eigenvalue weighted by molar-refractivity contribution is -0.139. The summed E-state index contributed by atoms with van der Waals surface area (Å²) in [4.78, 5) is 28.6. The Kier molecular flexibility index (Phi) is 3.95. The number of aromatic nitrogens is 2. The van der Waals surface area contributed by atoms with E-state index >= 15 is 0 Å².